The third-order valence-corrected chi connectivity index (χ3v) is 3.42. The zero-order valence-electron chi connectivity index (χ0n) is 10.5. The van der Waals surface area contributed by atoms with Crippen molar-refractivity contribution in [2.24, 2.45) is 5.92 Å². The average Bonchev–Trinajstić information content (AvgIpc) is 2.39. The van der Waals surface area contributed by atoms with Crippen molar-refractivity contribution in [3.8, 4) is 0 Å². The first kappa shape index (κ1) is 12.8. The van der Waals surface area contributed by atoms with Gasteiger partial charge in [0, 0.05) is 20.2 Å². The summed E-state index contributed by atoms with van der Waals surface area (Å²) in [5, 5.41) is 16.9. The number of nitrogens with zero attached hydrogens (tertiary/aromatic N) is 3. The van der Waals surface area contributed by atoms with Crippen LogP contribution in [0.2, 0.25) is 0 Å². The highest BCUT2D eigenvalue weighted by Crippen LogP contribution is 2.25. The van der Waals surface area contributed by atoms with Crippen LogP contribution in [0, 0.1) is 5.92 Å². The summed E-state index contributed by atoms with van der Waals surface area (Å²) in [7, 11) is 1.68. The lowest BCUT2D eigenvalue weighted by Crippen LogP contribution is -2.44. The number of aromatic nitrogens is 2. The Morgan fingerprint density at radius 2 is 2.39 bits per heavy atom. The highest BCUT2D eigenvalue weighted by Gasteiger charge is 2.29. The van der Waals surface area contributed by atoms with Crippen LogP contribution in [0.15, 0.2) is 12.3 Å². The predicted octanol–water partition coefficient (Wildman–Crippen LogP) is 1.04. The number of hydrogen-bond acceptors (Lipinski definition) is 5. The third-order valence-electron chi connectivity index (χ3n) is 3.42. The number of carboxylic acids is 1. The molecule has 0 spiro atoms. The zero-order chi connectivity index (χ0) is 13.1. The van der Waals surface area contributed by atoms with Crippen molar-refractivity contribution in [2.75, 3.05) is 25.1 Å². The second kappa shape index (κ2) is 5.30. The Kier molecular flexibility index (Phi) is 3.76. The molecule has 1 aliphatic heterocycles. The molecule has 1 saturated heterocycles. The highest BCUT2D eigenvalue weighted by molar-refractivity contribution is 5.93. The minimum absolute atomic E-state index is 0.0994. The molecular formula is C12H17N3O3. The van der Waals surface area contributed by atoms with Crippen molar-refractivity contribution in [3.05, 3.63) is 17.8 Å². The molecule has 6 heteroatoms. The lowest BCUT2D eigenvalue weighted by molar-refractivity contribution is 0.0493. The van der Waals surface area contributed by atoms with Crippen molar-refractivity contribution >= 4 is 11.8 Å². The van der Waals surface area contributed by atoms with E-state index < -0.39 is 5.97 Å². The molecule has 1 aromatic rings. The fraction of sp³-hybridized carbons (Fsp3) is 0.583. The normalized spacial score (nSPS) is 24.0. The van der Waals surface area contributed by atoms with Gasteiger partial charge < -0.3 is 14.7 Å². The van der Waals surface area contributed by atoms with Crippen LogP contribution in [0.4, 0.5) is 5.82 Å². The van der Waals surface area contributed by atoms with Gasteiger partial charge in [-0.2, -0.15) is 5.10 Å². The molecule has 0 bridgehead atoms. The summed E-state index contributed by atoms with van der Waals surface area (Å²) in [4.78, 5) is 13.1. The number of piperidine rings is 1. The first-order valence-electron chi connectivity index (χ1n) is 5.96. The van der Waals surface area contributed by atoms with E-state index in [1.807, 2.05) is 4.90 Å². The average molecular weight is 251 g/mol. The van der Waals surface area contributed by atoms with Gasteiger partial charge in [0.05, 0.1) is 12.3 Å². The number of aromatic carboxylic acids is 1. The van der Waals surface area contributed by atoms with Crippen molar-refractivity contribution in [1.29, 1.82) is 0 Å². The molecule has 2 unspecified atom stereocenters. The van der Waals surface area contributed by atoms with E-state index >= 15 is 0 Å². The lowest BCUT2D eigenvalue weighted by atomic mass is 9.95. The number of carboxylic acid groups (broad SMARTS) is 1. The van der Waals surface area contributed by atoms with Crippen molar-refractivity contribution in [2.45, 2.75) is 19.4 Å². The summed E-state index contributed by atoms with van der Waals surface area (Å²) in [6.45, 7) is 3.57. The molecule has 1 aromatic heterocycles. The minimum atomic E-state index is -0.979. The molecule has 1 fully saturated rings. The summed E-state index contributed by atoms with van der Waals surface area (Å²) >= 11 is 0. The molecule has 1 aliphatic rings. The minimum Gasteiger partial charge on any atom is -0.478 e. The third kappa shape index (κ3) is 2.43. The van der Waals surface area contributed by atoms with E-state index in [0.717, 1.165) is 13.0 Å². The number of hydrogen-bond donors (Lipinski definition) is 1. The van der Waals surface area contributed by atoms with Crippen LogP contribution >= 0.6 is 0 Å². The maximum absolute atomic E-state index is 11.2. The van der Waals surface area contributed by atoms with Gasteiger partial charge in [0.15, 0.2) is 5.82 Å². The van der Waals surface area contributed by atoms with Crippen LogP contribution in [-0.2, 0) is 4.74 Å². The monoisotopic (exact) mass is 251 g/mol. The summed E-state index contributed by atoms with van der Waals surface area (Å²) < 4.78 is 5.42. The fourth-order valence-electron chi connectivity index (χ4n) is 2.26. The van der Waals surface area contributed by atoms with Crippen LogP contribution in [0.3, 0.4) is 0 Å². The van der Waals surface area contributed by atoms with Crippen LogP contribution in [-0.4, -0.2) is 47.6 Å². The molecule has 2 atom stereocenters. The van der Waals surface area contributed by atoms with Gasteiger partial charge in [-0.3, -0.25) is 0 Å². The smallest absolute Gasteiger partial charge is 0.339 e. The van der Waals surface area contributed by atoms with Gasteiger partial charge in [-0.15, -0.1) is 5.10 Å². The summed E-state index contributed by atoms with van der Waals surface area (Å²) in [6, 6.07) is 1.48. The molecule has 0 saturated carbocycles. The number of rotatable bonds is 3. The van der Waals surface area contributed by atoms with Crippen LogP contribution < -0.4 is 4.90 Å². The van der Waals surface area contributed by atoms with Gasteiger partial charge in [0.25, 0.3) is 0 Å². The van der Waals surface area contributed by atoms with Crippen molar-refractivity contribution in [1.82, 2.24) is 10.2 Å². The van der Waals surface area contributed by atoms with Gasteiger partial charge in [0.1, 0.15) is 5.56 Å². The molecular weight excluding hydrogens is 234 g/mol. The Labute approximate surface area is 106 Å². The van der Waals surface area contributed by atoms with Crippen molar-refractivity contribution in [3.63, 3.8) is 0 Å². The number of ether oxygens (including phenoxy) is 1. The van der Waals surface area contributed by atoms with E-state index in [9.17, 15) is 4.79 Å². The molecule has 0 aromatic carbocycles. The Morgan fingerprint density at radius 3 is 3.06 bits per heavy atom. The molecule has 2 rings (SSSR count). The Hall–Kier alpha value is -1.69. The molecule has 0 radical (unpaired) electrons. The summed E-state index contributed by atoms with van der Waals surface area (Å²) in [6.07, 6.45) is 2.45. The van der Waals surface area contributed by atoms with E-state index in [1.165, 1.54) is 12.3 Å². The molecule has 1 N–H and O–H groups in total. The molecule has 6 nitrogen and oxygen atoms in total. The fourth-order valence-corrected chi connectivity index (χ4v) is 2.26. The molecule has 2 heterocycles. The Morgan fingerprint density at radius 1 is 1.61 bits per heavy atom. The molecule has 0 aliphatic carbocycles. The summed E-state index contributed by atoms with van der Waals surface area (Å²) in [5.41, 5.74) is 0.189. The lowest BCUT2D eigenvalue weighted by Gasteiger charge is -2.36. The first-order valence-corrected chi connectivity index (χ1v) is 5.96. The topological polar surface area (TPSA) is 75.5 Å². The first-order chi connectivity index (χ1) is 8.63. The van der Waals surface area contributed by atoms with Gasteiger partial charge in [-0.05, 0) is 18.4 Å². The molecule has 98 valence electrons. The molecule has 18 heavy (non-hydrogen) atoms. The van der Waals surface area contributed by atoms with E-state index in [1.54, 1.807) is 7.11 Å². The van der Waals surface area contributed by atoms with Crippen molar-refractivity contribution < 1.29 is 14.6 Å². The Bertz CT molecular complexity index is 438. The second-order valence-electron chi connectivity index (χ2n) is 4.56. The van der Waals surface area contributed by atoms with Crippen LogP contribution in [0.5, 0.6) is 0 Å². The SMILES string of the molecule is COC1CN(c2nnccc2C(=O)O)CCC1C. The van der Waals surface area contributed by atoms with E-state index in [-0.39, 0.29) is 11.7 Å². The van der Waals surface area contributed by atoms with Gasteiger partial charge in [-0.25, -0.2) is 4.79 Å². The zero-order valence-corrected chi connectivity index (χ0v) is 10.5. The second-order valence-corrected chi connectivity index (χ2v) is 4.56. The van der Waals surface area contributed by atoms with Gasteiger partial charge >= 0.3 is 5.97 Å². The number of carbonyl (C=O) groups is 1. The van der Waals surface area contributed by atoms with Crippen LogP contribution in [0.25, 0.3) is 0 Å². The maximum Gasteiger partial charge on any atom is 0.339 e. The van der Waals surface area contributed by atoms with E-state index in [0.29, 0.717) is 18.3 Å². The van der Waals surface area contributed by atoms with E-state index in [4.69, 9.17) is 9.84 Å². The van der Waals surface area contributed by atoms with Gasteiger partial charge in [0.2, 0.25) is 0 Å². The highest BCUT2D eigenvalue weighted by atomic mass is 16.5. The quantitative estimate of drug-likeness (QED) is 0.865. The van der Waals surface area contributed by atoms with Gasteiger partial charge in [-0.1, -0.05) is 6.92 Å². The summed E-state index contributed by atoms with van der Waals surface area (Å²) in [5.74, 6) is -0.0809. The largest absolute Gasteiger partial charge is 0.478 e. The molecule has 0 amide bonds. The Balaban J connectivity index is 2.24. The number of methoxy groups -OCH3 is 1. The standard InChI is InChI=1S/C12H17N3O3/c1-8-4-6-15(7-10(8)18-2)11-9(12(16)17)3-5-13-14-11/h3,5,8,10H,4,6-7H2,1-2H3,(H,16,17). The number of anilines is 1. The predicted molar refractivity (Wildman–Crippen MR) is 65.8 cm³/mol. The maximum atomic E-state index is 11.2. The van der Waals surface area contributed by atoms with E-state index in [2.05, 4.69) is 17.1 Å². The van der Waals surface area contributed by atoms with Crippen LogP contribution in [0.1, 0.15) is 23.7 Å².